The maximum atomic E-state index is 13.2. The van der Waals surface area contributed by atoms with Crippen LogP contribution in [0.2, 0.25) is 5.02 Å². The lowest BCUT2D eigenvalue weighted by Gasteiger charge is -2.17. The zero-order valence-corrected chi connectivity index (χ0v) is 17.3. The highest BCUT2D eigenvalue weighted by atomic mass is 79.9. The van der Waals surface area contributed by atoms with Gasteiger partial charge in [0.05, 0.1) is 32.0 Å². The topological polar surface area (TPSA) is 60.0 Å². The van der Waals surface area contributed by atoms with Crippen LogP contribution in [0.25, 0.3) is 0 Å². The van der Waals surface area contributed by atoms with Crippen molar-refractivity contribution in [3.8, 4) is 11.5 Å². The first kappa shape index (κ1) is 21.9. The van der Waals surface area contributed by atoms with Crippen molar-refractivity contribution in [1.29, 1.82) is 0 Å². The average molecular weight is 463 g/mol. The molecule has 0 heterocycles. The highest BCUT2D eigenvalue weighted by molar-refractivity contribution is 9.10. The normalized spacial score (nSPS) is 10.9. The molecule has 2 aromatic carbocycles. The summed E-state index contributed by atoms with van der Waals surface area (Å²) in [5.74, 6) is 0.776. The van der Waals surface area contributed by atoms with Gasteiger partial charge in [-0.2, -0.15) is 0 Å². The van der Waals surface area contributed by atoms with Gasteiger partial charge >= 0.3 is 0 Å². The number of aliphatic hydroxyl groups is 1. The minimum Gasteiger partial charge on any atom is -0.493 e. The van der Waals surface area contributed by atoms with Gasteiger partial charge in [0.15, 0.2) is 11.5 Å². The Morgan fingerprint density at radius 2 is 2.04 bits per heavy atom. The summed E-state index contributed by atoms with van der Waals surface area (Å²) in [4.78, 5) is 0. The third-order valence-corrected chi connectivity index (χ3v) is 4.83. The smallest absolute Gasteiger partial charge is 0.167 e. The van der Waals surface area contributed by atoms with E-state index >= 15 is 0 Å². The lowest BCUT2D eigenvalue weighted by molar-refractivity contribution is 0.0937. The van der Waals surface area contributed by atoms with Crippen LogP contribution in [-0.2, 0) is 17.9 Å². The van der Waals surface area contributed by atoms with Crippen molar-refractivity contribution >= 4 is 27.5 Å². The monoisotopic (exact) mass is 461 g/mol. The van der Waals surface area contributed by atoms with E-state index in [0.717, 1.165) is 10.0 Å². The number of methoxy groups -OCH3 is 1. The van der Waals surface area contributed by atoms with Crippen molar-refractivity contribution in [3.05, 3.63) is 56.8 Å². The molecule has 0 amide bonds. The molecule has 27 heavy (non-hydrogen) atoms. The zero-order valence-electron chi connectivity index (χ0n) is 14.9. The van der Waals surface area contributed by atoms with Crippen molar-refractivity contribution in [2.45, 2.75) is 13.2 Å². The number of hydrogen-bond acceptors (Lipinski definition) is 5. The molecule has 0 atom stereocenters. The fraction of sp³-hybridized carbons (Fsp3) is 0.368. The van der Waals surface area contributed by atoms with Gasteiger partial charge in [-0.25, -0.2) is 4.39 Å². The van der Waals surface area contributed by atoms with E-state index in [9.17, 15) is 4.39 Å². The molecule has 0 unspecified atom stereocenters. The fourth-order valence-electron chi connectivity index (χ4n) is 2.38. The summed E-state index contributed by atoms with van der Waals surface area (Å²) in [5.41, 5.74) is 1.56. The van der Waals surface area contributed by atoms with Gasteiger partial charge in [-0.05, 0) is 24.3 Å². The Hall–Kier alpha value is -1.38. The second-order valence-corrected chi connectivity index (χ2v) is 6.86. The fourth-order valence-corrected chi connectivity index (χ4v) is 3.05. The van der Waals surface area contributed by atoms with Crippen molar-refractivity contribution in [2.24, 2.45) is 0 Å². The van der Waals surface area contributed by atoms with Gasteiger partial charge in [0, 0.05) is 28.7 Å². The van der Waals surface area contributed by atoms with Crippen LogP contribution < -0.4 is 14.8 Å². The molecule has 5 nitrogen and oxygen atoms in total. The van der Waals surface area contributed by atoms with Gasteiger partial charge in [-0.15, -0.1) is 0 Å². The Bertz CT molecular complexity index is 748. The predicted octanol–water partition coefficient (Wildman–Crippen LogP) is 3.93. The first-order valence-corrected chi connectivity index (χ1v) is 9.55. The van der Waals surface area contributed by atoms with Crippen LogP contribution in [0.4, 0.5) is 4.39 Å². The second-order valence-electron chi connectivity index (χ2n) is 5.59. The summed E-state index contributed by atoms with van der Waals surface area (Å²) >= 11 is 9.62. The Balaban J connectivity index is 2.09. The Labute approximate surface area is 171 Å². The summed E-state index contributed by atoms with van der Waals surface area (Å²) in [6.45, 7) is 2.13. The van der Waals surface area contributed by atoms with Gasteiger partial charge in [-0.3, -0.25) is 0 Å². The van der Waals surface area contributed by atoms with Gasteiger partial charge in [0.1, 0.15) is 12.4 Å². The van der Waals surface area contributed by atoms with Gasteiger partial charge < -0.3 is 24.6 Å². The highest BCUT2D eigenvalue weighted by Crippen LogP contribution is 2.37. The Kier molecular flexibility index (Phi) is 9.30. The highest BCUT2D eigenvalue weighted by Gasteiger charge is 2.15. The number of aliphatic hydroxyl groups excluding tert-OH is 1. The van der Waals surface area contributed by atoms with Crippen molar-refractivity contribution in [2.75, 3.05) is 33.5 Å². The van der Waals surface area contributed by atoms with Crippen LogP contribution in [0.3, 0.4) is 0 Å². The summed E-state index contributed by atoms with van der Waals surface area (Å²) in [5, 5.41) is 12.3. The number of halogens is 3. The minimum atomic E-state index is -0.392. The molecular weight excluding hydrogens is 441 g/mol. The average Bonchev–Trinajstić information content (AvgIpc) is 2.65. The molecular formula is C19H22BrClFNO4. The molecule has 0 saturated carbocycles. The number of hydrogen-bond donors (Lipinski definition) is 2. The molecule has 0 saturated heterocycles. The van der Waals surface area contributed by atoms with Crippen molar-refractivity contribution in [3.63, 3.8) is 0 Å². The molecule has 0 aliphatic carbocycles. The first-order valence-electron chi connectivity index (χ1n) is 8.38. The lowest BCUT2D eigenvalue weighted by Crippen LogP contribution is -2.20. The summed E-state index contributed by atoms with van der Waals surface area (Å²) in [6, 6.07) is 7.89. The standard InChI is InChI=1S/C19H22BrClFNO4/c1-25-18-5-4-16(20)15(11-23-6-8-26-9-7-24)19(18)27-12-13-2-3-14(22)10-17(13)21/h2-5,10,23-24H,6-9,11-12H2,1H3. The Morgan fingerprint density at radius 3 is 2.74 bits per heavy atom. The van der Waals surface area contributed by atoms with Crippen LogP contribution in [-0.4, -0.2) is 38.6 Å². The summed E-state index contributed by atoms with van der Waals surface area (Å²) < 4.78 is 30.7. The lowest BCUT2D eigenvalue weighted by atomic mass is 10.1. The van der Waals surface area contributed by atoms with Crippen molar-refractivity contribution < 1.29 is 23.7 Å². The molecule has 2 aromatic rings. The SMILES string of the molecule is COc1ccc(Br)c(CNCCOCCO)c1OCc1ccc(F)cc1Cl. The second kappa shape index (κ2) is 11.5. The molecule has 0 radical (unpaired) electrons. The van der Waals surface area contributed by atoms with E-state index in [1.807, 2.05) is 6.07 Å². The van der Waals surface area contributed by atoms with E-state index in [1.54, 1.807) is 19.2 Å². The zero-order chi connectivity index (χ0) is 19.6. The van der Waals surface area contributed by atoms with Gasteiger partial charge in [0.2, 0.25) is 0 Å². The molecule has 0 aliphatic heterocycles. The summed E-state index contributed by atoms with van der Waals surface area (Å²) in [7, 11) is 1.57. The first-order chi connectivity index (χ1) is 13.1. The van der Waals surface area contributed by atoms with Crippen LogP contribution >= 0.6 is 27.5 Å². The number of rotatable bonds is 11. The van der Waals surface area contributed by atoms with Gasteiger partial charge in [0.25, 0.3) is 0 Å². The number of nitrogens with one attached hydrogen (secondary N) is 1. The molecule has 0 fully saturated rings. The van der Waals surface area contributed by atoms with Crippen LogP contribution in [0.15, 0.2) is 34.8 Å². The van der Waals surface area contributed by atoms with E-state index in [-0.39, 0.29) is 13.2 Å². The number of ether oxygens (including phenoxy) is 3. The van der Waals surface area contributed by atoms with Crippen LogP contribution in [0.1, 0.15) is 11.1 Å². The number of benzene rings is 2. The molecule has 0 aromatic heterocycles. The van der Waals surface area contributed by atoms with Crippen LogP contribution in [0, 0.1) is 5.82 Å². The van der Waals surface area contributed by atoms with Gasteiger partial charge in [-0.1, -0.05) is 33.6 Å². The molecule has 2 N–H and O–H groups in total. The Morgan fingerprint density at radius 1 is 1.22 bits per heavy atom. The predicted molar refractivity (Wildman–Crippen MR) is 106 cm³/mol. The molecule has 0 aliphatic rings. The van der Waals surface area contributed by atoms with Crippen LogP contribution in [0.5, 0.6) is 11.5 Å². The molecule has 8 heteroatoms. The third kappa shape index (κ3) is 6.62. The molecule has 148 valence electrons. The molecule has 2 rings (SSSR count). The van der Waals surface area contributed by atoms with E-state index in [1.165, 1.54) is 12.1 Å². The third-order valence-electron chi connectivity index (χ3n) is 3.73. The quantitative estimate of drug-likeness (QED) is 0.496. The maximum absolute atomic E-state index is 13.2. The van der Waals surface area contributed by atoms with E-state index < -0.39 is 5.82 Å². The maximum Gasteiger partial charge on any atom is 0.167 e. The van der Waals surface area contributed by atoms with E-state index in [2.05, 4.69) is 21.2 Å². The molecule has 0 bridgehead atoms. The van der Waals surface area contributed by atoms with E-state index in [4.69, 9.17) is 30.9 Å². The van der Waals surface area contributed by atoms with Crippen molar-refractivity contribution in [1.82, 2.24) is 5.32 Å². The van der Waals surface area contributed by atoms with E-state index in [0.29, 0.717) is 48.4 Å². The minimum absolute atomic E-state index is 0.00532. The molecule has 0 spiro atoms. The summed E-state index contributed by atoms with van der Waals surface area (Å²) in [6.07, 6.45) is 0. The largest absolute Gasteiger partial charge is 0.493 e.